The molecule has 1 aliphatic heterocycles. The Morgan fingerprint density at radius 1 is 1.43 bits per heavy atom. The molecule has 1 saturated heterocycles. The summed E-state index contributed by atoms with van der Waals surface area (Å²) >= 11 is 4.87. The second kappa shape index (κ2) is 7.95. The summed E-state index contributed by atoms with van der Waals surface area (Å²) in [6.07, 6.45) is 3.35. The maximum absolute atomic E-state index is 11.6. The van der Waals surface area contributed by atoms with Crippen molar-refractivity contribution in [2.75, 3.05) is 19.8 Å². The van der Waals surface area contributed by atoms with E-state index in [-0.39, 0.29) is 12.5 Å². The van der Waals surface area contributed by atoms with Crippen molar-refractivity contribution in [2.24, 2.45) is 5.73 Å². The van der Waals surface area contributed by atoms with Crippen molar-refractivity contribution in [3.63, 3.8) is 0 Å². The van der Waals surface area contributed by atoms with Crippen molar-refractivity contribution in [1.82, 2.24) is 5.32 Å². The van der Waals surface area contributed by atoms with E-state index in [2.05, 4.69) is 5.32 Å². The highest BCUT2D eigenvalue weighted by Gasteiger charge is 2.15. The summed E-state index contributed by atoms with van der Waals surface area (Å²) in [5, 5.41) is 2.82. The van der Waals surface area contributed by atoms with Crippen LogP contribution in [0.4, 0.5) is 0 Å². The second-order valence-electron chi connectivity index (χ2n) is 4.95. The van der Waals surface area contributed by atoms with Gasteiger partial charge >= 0.3 is 0 Å². The van der Waals surface area contributed by atoms with Crippen LogP contribution >= 0.6 is 12.2 Å². The number of hydrogen-bond acceptors (Lipinski definition) is 4. The molecule has 3 N–H and O–H groups in total. The summed E-state index contributed by atoms with van der Waals surface area (Å²) in [7, 11) is 0. The highest BCUT2D eigenvalue weighted by atomic mass is 32.1. The van der Waals surface area contributed by atoms with Gasteiger partial charge in [0.2, 0.25) is 0 Å². The minimum Gasteiger partial charge on any atom is -0.484 e. The Hall–Kier alpha value is -1.66. The monoisotopic (exact) mass is 308 g/mol. The van der Waals surface area contributed by atoms with Gasteiger partial charge in [0.25, 0.3) is 5.91 Å². The maximum Gasteiger partial charge on any atom is 0.257 e. The van der Waals surface area contributed by atoms with E-state index >= 15 is 0 Å². The van der Waals surface area contributed by atoms with Crippen LogP contribution in [-0.2, 0) is 9.53 Å². The van der Waals surface area contributed by atoms with Gasteiger partial charge in [-0.3, -0.25) is 4.79 Å². The van der Waals surface area contributed by atoms with Gasteiger partial charge in [0.05, 0.1) is 6.10 Å². The largest absolute Gasteiger partial charge is 0.484 e. The summed E-state index contributed by atoms with van der Waals surface area (Å²) in [4.78, 5) is 12.0. The van der Waals surface area contributed by atoms with Gasteiger partial charge in [-0.1, -0.05) is 12.2 Å². The lowest BCUT2D eigenvalue weighted by Crippen LogP contribution is -2.31. The number of nitrogens with one attached hydrogen (secondary N) is 1. The van der Waals surface area contributed by atoms with E-state index < -0.39 is 0 Å². The molecule has 1 heterocycles. The number of thiocarbonyl (C=S) groups is 1. The molecule has 5 nitrogen and oxygen atoms in total. The van der Waals surface area contributed by atoms with Gasteiger partial charge in [-0.2, -0.15) is 0 Å². The molecule has 1 unspecified atom stereocenters. The molecular formula is C15H20N2O3S. The Kier molecular flexibility index (Phi) is 5.95. The number of benzene rings is 1. The minimum atomic E-state index is -0.133. The second-order valence-corrected chi connectivity index (χ2v) is 5.39. The van der Waals surface area contributed by atoms with E-state index in [1.54, 1.807) is 24.3 Å². The molecule has 1 fully saturated rings. The summed E-state index contributed by atoms with van der Waals surface area (Å²) < 4.78 is 10.9. The van der Waals surface area contributed by atoms with Gasteiger partial charge < -0.3 is 20.5 Å². The summed E-state index contributed by atoms with van der Waals surface area (Å²) in [6, 6.07) is 7.03. The molecule has 0 radical (unpaired) electrons. The normalized spacial score (nSPS) is 17.4. The van der Waals surface area contributed by atoms with Gasteiger partial charge in [0, 0.05) is 18.7 Å². The average molecular weight is 308 g/mol. The Morgan fingerprint density at radius 2 is 2.19 bits per heavy atom. The van der Waals surface area contributed by atoms with E-state index in [4.69, 9.17) is 27.4 Å². The van der Waals surface area contributed by atoms with Crippen molar-refractivity contribution in [2.45, 2.75) is 25.4 Å². The zero-order valence-electron chi connectivity index (χ0n) is 11.8. The fourth-order valence-electron chi connectivity index (χ4n) is 2.16. The molecule has 0 aromatic heterocycles. The topological polar surface area (TPSA) is 73.6 Å². The molecule has 0 aliphatic carbocycles. The Morgan fingerprint density at radius 3 is 2.81 bits per heavy atom. The highest BCUT2D eigenvalue weighted by Crippen LogP contribution is 2.14. The van der Waals surface area contributed by atoms with Crippen LogP contribution in [0.5, 0.6) is 5.75 Å². The van der Waals surface area contributed by atoms with Crippen molar-refractivity contribution in [3.8, 4) is 5.75 Å². The molecule has 0 spiro atoms. The van der Waals surface area contributed by atoms with Crippen LogP contribution in [0.25, 0.3) is 0 Å². The van der Waals surface area contributed by atoms with Crippen LogP contribution in [0.2, 0.25) is 0 Å². The van der Waals surface area contributed by atoms with Gasteiger partial charge in [-0.25, -0.2) is 0 Å². The van der Waals surface area contributed by atoms with E-state index in [1.165, 1.54) is 0 Å². The fraction of sp³-hybridized carbons (Fsp3) is 0.467. The van der Waals surface area contributed by atoms with Gasteiger partial charge in [-0.15, -0.1) is 0 Å². The van der Waals surface area contributed by atoms with Crippen LogP contribution in [0.3, 0.4) is 0 Å². The Balaban J connectivity index is 1.64. The molecule has 1 atom stereocenters. The first-order valence-electron chi connectivity index (χ1n) is 7.06. The number of carbonyl (C=O) groups excluding carboxylic acids is 1. The molecule has 21 heavy (non-hydrogen) atoms. The van der Waals surface area contributed by atoms with Crippen LogP contribution in [0.1, 0.15) is 24.8 Å². The summed E-state index contributed by atoms with van der Waals surface area (Å²) in [6.45, 7) is 1.45. The molecule has 1 aromatic rings. The maximum atomic E-state index is 11.6. The highest BCUT2D eigenvalue weighted by molar-refractivity contribution is 7.80. The predicted octanol–water partition coefficient (Wildman–Crippen LogP) is 1.38. The van der Waals surface area contributed by atoms with E-state index in [1.807, 2.05) is 0 Å². The molecule has 1 amide bonds. The van der Waals surface area contributed by atoms with Crippen molar-refractivity contribution < 1.29 is 14.3 Å². The van der Waals surface area contributed by atoms with Crippen molar-refractivity contribution >= 4 is 23.1 Å². The first-order valence-corrected chi connectivity index (χ1v) is 7.47. The van der Waals surface area contributed by atoms with Crippen molar-refractivity contribution in [1.29, 1.82) is 0 Å². The van der Waals surface area contributed by atoms with Crippen LogP contribution in [0, 0.1) is 0 Å². The van der Waals surface area contributed by atoms with E-state index in [9.17, 15) is 4.79 Å². The number of nitrogens with two attached hydrogens (primary N) is 1. The molecule has 0 saturated carbocycles. The molecule has 2 rings (SSSR count). The Labute approximate surface area is 129 Å². The van der Waals surface area contributed by atoms with Crippen LogP contribution in [-0.4, -0.2) is 36.8 Å². The first-order chi connectivity index (χ1) is 10.1. The number of ether oxygens (including phenoxy) is 2. The Bertz CT molecular complexity index is 484. The average Bonchev–Trinajstić information content (AvgIpc) is 2.99. The fourth-order valence-corrected chi connectivity index (χ4v) is 2.30. The van der Waals surface area contributed by atoms with Crippen molar-refractivity contribution in [3.05, 3.63) is 29.8 Å². The third kappa shape index (κ3) is 5.32. The van der Waals surface area contributed by atoms with Gasteiger partial charge in [0.15, 0.2) is 6.61 Å². The number of carbonyl (C=O) groups is 1. The third-order valence-corrected chi connectivity index (χ3v) is 3.56. The third-order valence-electron chi connectivity index (χ3n) is 3.32. The SMILES string of the molecule is NC(=S)c1ccc(OCC(=O)NCCC2CCCO2)cc1. The van der Waals surface area contributed by atoms with Crippen LogP contribution < -0.4 is 15.8 Å². The molecule has 1 aromatic carbocycles. The standard InChI is InChI=1S/C15H20N2O3S/c16-15(21)11-3-5-13(6-4-11)20-10-14(18)17-8-7-12-2-1-9-19-12/h3-6,12H,1-2,7-10H2,(H2,16,21)(H,17,18). The smallest absolute Gasteiger partial charge is 0.257 e. The zero-order chi connectivity index (χ0) is 15.1. The number of amides is 1. The summed E-state index contributed by atoms with van der Waals surface area (Å²) in [5.74, 6) is 0.482. The number of rotatable bonds is 7. The quantitative estimate of drug-likeness (QED) is 0.745. The van der Waals surface area contributed by atoms with Crippen LogP contribution in [0.15, 0.2) is 24.3 Å². The van der Waals surface area contributed by atoms with E-state index in [0.29, 0.717) is 23.4 Å². The molecule has 114 valence electrons. The van der Waals surface area contributed by atoms with Gasteiger partial charge in [0.1, 0.15) is 10.7 Å². The lowest BCUT2D eigenvalue weighted by atomic mass is 10.2. The first kappa shape index (κ1) is 15.7. The minimum absolute atomic E-state index is 0.00204. The number of hydrogen-bond donors (Lipinski definition) is 2. The van der Waals surface area contributed by atoms with E-state index in [0.717, 1.165) is 31.4 Å². The molecule has 0 bridgehead atoms. The lowest BCUT2D eigenvalue weighted by molar-refractivity contribution is -0.123. The molecule has 1 aliphatic rings. The zero-order valence-corrected chi connectivity index (χ0v) is 12.7. The molecular weight excluding hydrogens is 288 g/mol. The summed E-state index contributed by atoms with van der Waals surface area (Å²) in [5.41, 5.74) is 6.29. The van der Waals surface area contributed by atoms with Gasteiger partial charge in [-0.05, 0) is 43.5 Å². The predicted molar refractivity (Wildman–Crippen MR) is 84.4 cm³/mol. The molecule has 6 heteroatoms. The lowest BCUT2D eigenvalue weighted by Gasteiger charge is -2.11.